The van der Waals surface area contributed by atoms with Crippen molar-refractivity contribution < 1.29 is 9.18 Å². The first-order chi connectivity index (χ1) is 14.4. The largest absolute Gasteiger partial charge is 0.332 e. The Kier molecular flexibility index (Phi) is 5.12. The number of thioether (sulfide) groups is 1. The second kappa shape index (κ2) is 7.66. The smallest absolute Gasteiger partial charge is 0.233 e. The van der Waals surface area contributed by atoms with Gasteiger partial charge in [0.05, 0.1) is 5.75 Å². The van der Waals surface area contributed by atoms with Gasteiger partial charge < -0.3 is 9.47 Å². The number of benzene rings is 1. The number of rotatable bonds is 6. The average Bonchev–Trinajstić information content (AvgIpc) is 3.02. The van der Waals surface area contributed by atoms with Crippen LogP contribution in [0.2, 0.25) is 0 Å². The van der Waals surface area contributed by atoms with E-state index < -0.39 is 0 Å². The molecule has 0 N–H and O–H groups in total. The van der Waals surface area contributed by atoms with Crippen molar-refractivity contribution in [2.75, 3.05) is 5.75 Å². The molecule has 2 aromatic rings. The van der Waals surface area contributed by atoms with Gasteiger partial charge in [-0.2, -0.15) is 0 Å². The highest BCUT2D eigenvalue weighted by molar-refractivity contribution is 7.99. The van der Waals surface area contributed by atoms with Crippen molar-refractivity contribution in [1.82, 2.24) is 19.7 Å². The molecule has 0 unspecified atom stereocenters. The Bertz CT molecular complexity index is 906. The molecule has 4 saturated carbocycles. The third-order valence-corrected chi connectivity index (χ3v) is 8.52. The monoisotopic (exact) mass is 428 g/mol. The summed E-state index contributed by atoms with van der Waals surface area (Å²) in [5, 5.41) is 9.07. The molecule has 1 aromatic heterocycles. The molecule has 1 amide bonds. The van der Waals surface area contributed by atoms with E-state index in [-0.39, 0.29) is 17.3 Å². The van der Waals surface area contributed by atoms with Gasteiger partial charge in [-0.05, 0) is 80.9 Å². The van der Waals surface area contributed by atoms with Crippen molar-refractivity contribution in [3.8, 4) is 0 Å². The Morgan fingerprint density at radius 1 is 1.13 bits per heavy atom. The molecule has 0 saturated heterocycles. The number of carbonyl (C=O) groups excluding carboxylic acids is 1. The molecule has 0 radical (unpaired) electrons. The third-order valence-electron chi connectivity index (χ3n) is 7.51. The van der Waals surface area contributed by atoms with Crippen molar-refractivity contribution in [3.05, 3.63) is 41.5 Å². The summed E-state index contributed by atoms with van der Waals surface area (Å²) in [4.78, 5) is 15.7. The van der Waals surface area contributed by atoms with Crippen molar-refractivity contribution in [2.24, 2.45) is 24.8 Å². The quantitative estimate of drug-likeness (QED) is 0.642. The van der Waals surface area contributed by atoms with E-state index in [0.29, 0.717) is 12.3 Å². The van der Waals surface area contributed by atoms with Crippen LogP contribution in [0.5, 0.6) is 0 Å². The van der Waals surface area contributed by atoms with Gasteiger partial charge in [0.15, 0.2) is 5.16 Å². The van der Waals surface area contributed by atoms with E-state index in [0.717, 1.165) is 53.6 Å². The zero-order valence-electron chi connectivity index (χ0n) is 17.7. The predicted molar refractivity (Wildman–Crippen MR) is 114 cm³/mol. The molecule has 7 heteroatoms. The van der Waals surface area contributed by atoms with E-state index in [1.54, 1.807) is 0 Å². The number of aromatic nitrogens is 3. The summed E-state index contributed by atoms with van der Waals surface area (Å²) in [5.74, 6) is 3.40. The Morgan fingerprint density at radius 2 is 1.73 bits per heavy atom. The minimum absolute atomic E-state index is 0.0312. The molecule has 0 spiro atoms. The fourth-order valence-corrected chi connectivity index (χ4v) is 7.24. The van der Waals surface area contributed by atoms with Gasteiger partial charge in [0.2, 0.25) is 5.91 Å². The van der Waals surface area contributed by atoms with Gasteiger partial charge in [-0.1, -0.05) is 23.9 Å². The lowest BCUT2D eigenvalue weighted by atomic mass is 9.52. The normalized spacial score (nSPS) is 29.4. The Balaban J connectivity index is 1.40. The first-order valence-corrected chi connectivity index (χ1v) is 11.9. The van der Waals surface area contributed by atoms with Crippen LogP contribution in [-0.2, 0) is 18.4 Å². The first kappa shape index (κ1) is 20.0. The van der Waals surface area contributed by atoms with Crippen LogP contribution < -0.4 is 0 Å². The zero-order chi connectivity index (χ0) is 20.9. The van der Waals surface area contributed by atoms with E-state index in [2.05, 4.69) is 15.1 Å². The number of carbonyl (C=O) groups is 1. The Labute approximate surface area is 181 Å². The summed E-state index contributed by atoms with van der Waals surface area (Å²) in [6.07, 6.45) is 7.39. The number of aryl methyl sites for hydroxylation is 1. The van der Waals surface area contributed by atoms with Gasteiger partial charge in [-0.15, -0.1) is 10.2 Å². The van der Waals surface area contributed by atoms with E-state index in [9.17, 15) is 9.18 Å². The van der Waals surface area contributed by atoms with Crippen LogP contribution in [0, 0.1) is 30.5 Å². The maximum absolute atomic E-state index is 13.6. The number of hydrogen-bond acceptors (Lipinski definition) is 4. The van der Waals surface area contributed by atoms with Gasteiger partial charge in [-0.3, -0.25) is 4.79 Å². The van der Waals surface area contributed by atoms with E-state index >= 15 is 0 Å². The molecular weight excluding hydrogens is 399 g/mol. The highest BCUT2D eigenvalue weighted by Crippen LogP contribution is 2.58. The van der Waals surface area contributed by atoms with Gasteiger partial charge in [0.25, 0.3) is 0 Å². The molecule has 6 rings (SSSR count). The molecule has 5 nitrogen and oxygen atoms in total. The molecule has 1 aromatic carbocycles. The zero-order valence-corrected chi connectivity index (χ0v) is 18.5. The van der Waals surface area contributed by atoms with Crippen molar-refractivity contribution in [1.29, 1.82) is 0 Å². The van der Waals surface area contributed by atoms with E-state index in [1.165, 1.54) is 43.2 Å². The van der Waals surface area contributed by atoms with Gasteiger partial charge in [0.1, 0.15) is 11.6 Å². The average molecular weight is 429 g/mol. The summed E-state index contributed by atoms with van der Waals surface area (Å²) >= 11 is 1.46. The van der Waals surface area contributed by atoms with Crippen LogP contribution in [0.4, 0.5) is 4.39 Å². The number of amides is 1. The molecule has 160 valence electrons. The number of nitrogens with zero attached hydrogens (tertiary/aromatic N) is 4. The SMILES string of the molecule is Cc1nnc(SCC(=O)N(Cc2ccc(F)cc2)C23CC4CC(CC(C4)C2)C3)n1C. The highest BCUT2D eigenvalue weighted by Gasteiger charge is 2.54. The predicted octanol–water partition coefficient (Wildman–Crippen LogP) is 4.35. The molecule has 0 atom stereocenters. The summed E-state index contributed by atoms with van der Waals surface area (Å²) in [6.45, 7) is 2.47. The lowest BCUT2D eigenvalue weighted by Crippen LogP contribution is -2.61. The van der Waals surface area contributed by atoms with Crippen molar-refractivity contribution in [2.45, 2.75) is 62.7 Å². The van der Waals surface area contributed by atoms with Crippen LogP contribution in [0.15, 0.2) is 29.4 Å². The van der Waals surface area contributed by atoms with Gasteiger partial charge >= 0.3 is 0 Å². The first-order valence-electron chi connectivity index (χ1n) is 11.0. The molecular formula is C23H29FN4OS. The summed E-state index contributed by atoms with van der Waals surface area (Å²) < 4.78 is 15.4. The fraction of sp³-hybridized carbons (Fsp3) is 0.609. The van der Waals surface area contributed by atoms with Crippen LogP contribution in [-0.4, -0.2) is 36.9 Å². The Morgan fingerprint density at radius 3 is 2.27 bits per heavy atom. The highest BCUT2D eigenvalue weighted by atomic mass is 32.2. The number of hydrogen-bond donors (Lipinski definition) is 0. The van der Waals surface area contributed by atoms with Gasteiger partial charge in [-0.25, -0.2) is 4.39 Å². The van der Waals surface area contributed by atoms with Crippen LogP contribution in [0.3, 0.4) is 0 Å². The molecule has 4 fully saturated rings. The molecule has 1 heterocycles. The van der Waals surface area contributed by atoms with E-state index in [4.69, 9.17) is 0 Å². The molecule has 4 aliphatic carbocycles. The van der Waals surface area contributed by atoms with E-state index in [1.807, 2.05) is 30.7 Å². The van der Waals surface area contributed by atoms with Crippen molar-refractivity contribution in [3.63, 3.8) is 0 Å². The maximum atomic E-state index is 13.6. The molecule has 30 heavy (non-hydrogen) atoms. The minimum Gasteiger partial charge on any atom is -0.332 e. The Hall–Kier alpha value is -1.89. The summed E-state index contributed by atoms with van der Waals surface area (Å²) in [7, 11) is 1.93. The molecule has 4 aliphatic rings. The minimum atomic E-state index is -0.236. The lowest BCUT2D eigenvalue weighted by molar-refractivity contribution is -0.149. The van der Waals surface area contributed by atoms with Crippen molar-refractivity contribution >= 4 is 17.7 Å². The standard InChI is InChI=1S/C23H29FN4OS/c1-15-25-26-22(27(15)2)30-14-21(29)28(13-16-3-5-20(24)6-4-16)23-10-17-7-18(11-23)9-19(8-17)12-23/h3-6,17-19H,7-14H2,1-2H3. The van der Waals surface area contributed by atoms with Crippen LogP contribution >= 0.6 is 11.8 Å². The molecule has 0 aliphatic heterocycles. The summed E-state index contributed by atoms with van der Waals surface area (Å²) in [6, 6.07) is 6.62. The lowest BCUT2D eigenvalue weighted by Gasteiger charge is -2.60. The second-order valence-corrected chi connectivity index (χ2v) is 10.6. The van der Waals surface area contributed by atoms with Crippen LogP contribution in [0.25, 0.3) is 0 Å². The third kappa shape index (κ3) is 3.66. The fourth-order valence-electron chi connectivity index (χ4n) is 6.41. The van der Waals surface area contributed by atoms with Gasteiger partial charge in [0, 0.05) is 19.1 Å². The molecule has 4 bridgehead atoms. The maximum Gasteiger partial charge on any atom is 0.233 e. The van der Waals surface area contributed by atoms with Crippen LogP contribution in [0.1, 0.15) is 49.9 Å². The second-order valence-electron chi connectivity index (χ2n) is 9.63. The number of halogens is 1. The topological polar surface area (TPSA) is 51.0 Å². The summed E-state index contributed by atoms with van der Waals surface area (Å²) in [5.41, 5.74) is 0.969.